The Morgan fingerprint density at radius 2 is 1.48 bits per heavy atom. The third kappa shape index (κ3) is 11.4. The lowest BCUT2D eigenvalue weighted by molar-refractivity contribution is -0.140. The summed E-state index contributed by atoms with van der Waals surface area (Å²) in [5.74, 6) is -3.96. The summed E-state index contributed by atoms with van der Waals surface area (Å²) in [6.45, 7) is 0.441. The molecule has 0 unspecified atom stereocenters. The highest BCUT2D eigenvalue weighted by molar-refractivity contribution is 5.86. The fourth-order valence-electron chi connectivity index (χ4n) is 2.76. The first-order chi connectivity index (χ1) is 15.6. The predicted molar refractivity (Wildman–Crippen MR) is 114 cm³/mol. The van der Waals surface area contributed by atoms with E-state index in [0.717, 1.165) is 5.56 Å². The molecule has 0 spiro atoms. The third-order valence-electron chi connectivity index (χ3n) is 4.61. The molecule has 0 heterocycles. The molecule has 1 rings (SSSR count). The van der Waals surface area contributed by atoms with Crippen molar-refractivity contribution in [1.29, 1.82) is 0 Å². The van der Waals surface area contributed by atoms with E-state index >= 15 is 0 Å². The van der Waals surface area contributed by atoms with Crippen LogP contribution in [0.1, 0.15) is 37.7 Å². The summed E-state index contributed by atoms with van der Waals surface area (Å²) in [4.78, 5) is 58.5. The number of ether oxygens (including phenoxy) is 1. The Morgan fingerprint density at radius 3 is 2.03 bits per heavy atom. The van der Waals surface area contributed by atoms with E-state index in [9.17, 15) is 29.1 Å². The Labute approximate surface area is 190 Å². The van der Waals surface area contributed by atoms with Crippen LogP contribution in [0.3, 0.4) is 0 Å². The number of unbranched alkanes of at least 4 members (excludes halogenated alkanes) is 1. The van der Waals surface area contributed by atoms with Crippen molar-refractivity contribution in [1.82, 2.24) is 15.5 Å². The van der Waals surface area contributed by atoms with Crippen molar-refractivity contribution >= 4 is 30.0 Å². The van der Waals surface area contributed by atoms with Crippen LogP contribution in [-0.4, -0.2) is 75.9 Å². The molecule has 1 aromatic rings. The number of amides is 3. The first-order valence-corrected chi connectivity index (χ1v) is 10.3. The second-order valence-corrected chi connectivity index (χ2v) is 7.29. The molecule has 33 heavy (non-hydrogen) atoms. The predicted octanol–water partition coefficient (Wildman–Crippen LogP) is 1.50. The van der Waals surface area contributed by atoms with Gasteiger partial charge >= 0.3 is 30.0 Å². The van der Waals surface area contributed by atoms with Gasteiger partial charge in [0.2, 0.25) is 0 Å². The van der Waals surface area contributed by atoms with Gasteiger partial charge in [-0.25, -0.2) is 19.2 Å². The van der Waals surface area contributed by atoms with Crippen molar-refractivity contribution in [3.8, 4) is 0 Å². The molecule has 0 aliphatic rings. The van der Waals surface area contributed by atoms with Crippen LogP contribution in [0.2, 0.25) is 0 Å². The topological polar surface area (TPSA) is 183 Å². The maximum atomic E-state index is 12.0. The zero-order valence-corrected chi connectivity index (χ0v) is 18.2. The molecule has 3 amide bonds. The molecule has 5 N–H and O–H groups in total. The first kappa shape index (κ1) is 27.2. The Kier molecular flexibility index (Phi) is 11.8. The maximum absolute atomic E-state index is 12.0. The van der Waals surface area contributed by atoms with Crippen LogP contribution in [0.4, 0.5) is 9.59 Å². The molecule has 0 fully saturated rings. The van der Waals surface area contributed by atoms with E-state index in [-0.39, 0.29) is 19.4 Å². The lowest BCUT2D eigenvalue weighted by Crippen LogP contribution is -2.51. The zero-order valence-electron chi connectivity index (χ0n) is 18.2. The number of carbonyl (C=O) groups is 5. The molecule has 1 aromatic carbocycles. The summed E-state index contributed by atoms with van der Waals surface area (Å²) < 4.78 is 5.19. The average Bonchev–Trinajstić information content (AvgIpc) is 2.76. The lowest BCUT2D eigenvalue weighted by atomic mass is 10.1. The van der Waals surface area contributed by atoms with E-state index in [1.165, 1.54) is 4.90 Å². The van der Waals surface area contributed by atoms with Gasteiger partial charge < -0.3 is 35.6 Å². The monoisotopic (exact) mass is 467 g/mol. The van der Waals surface area contributed by atoms with Gasteiger partial charge in [-0.3, -0.25) is 4.79 Å². The summed E-state index contributed by atoms with van der Waals surface area (Å²) >= 11 is 0. The van der Waals surface area contributed by atoms with Crippen molar-refractivity contribution in [3.05, 3.63) is 35.9 Å². The van der Waals surface area contributed by atoms with E-state index in [2.05, 4.69) is 10.6 Å². The fraction of sp³-hybridized carbons (Fsp3) is 0.476. The second kappa shape index (κ2) is 14.3. The van der Waals surface area contributed by atoms with Gasteiger partial charge in [-0.05, 0) is 31.2 Å². The molecule has 0 aliphatic carbocycles. The van der Waals surface area contributed by atoms with Crippen molar-refractivity contribution in [3.63, 3.8) is 0 Å². The number of hydrogen-bond acceptors (Lipinski definition) is 6. The smallest absolute Gasteiger partial charge is 0.409 e. The van der Waals surface area contributed by atoms with Gasteiger partial charge in [-0.2, -0.15) is 0 Å². The van der Waals surface area contributed by atoms with Crippen LogP contribution in [0.25, 0.3) is 0 Å². The van der Waals surface area contributed by atoms with Gasteiger partial charge in [0.1, 0.15) is 18.7 Å². The molecular formula is C21H29N3O9. The van der Waals surface area contributed by atoms with Gasteiger partial charge in [0.05, 0.1) is 0 Å². The standard InChI is InChI=1S/C21H29N3O9/c1-24(21(32)33-13-14-7-3-2-4-8-14)12-6-5-9-15(18(27)28)22-20(31)23-16(19(29)30)10-11-17(25)26/h2-4,7-8,15-16H,5-6,9-13H2,1H3,(H,25,26)(H,27,28)(H,29,30)(H2,22,23,31)/t15-,16-/m0/s1. The summed E-state index contributed by atoms with van der Waals surface area (Å²) in [5, 5.41) is 31.2. The van der Waals surface area contributed by atoms with Gasteiger partial charge in [0.25, 0.3) is 0 Å². The van der Waals surface area contributed by atoms with Crippen LogP contribution in [-0.2, 0) is 25.7 Å². The summed E-state index contributed by atoms with van der Waals surface area (Å²) in [7, 11) is 1.55. The van der Waals surface area contributed by atoms with Crippen molar-refractivity contribution in [2.75, 3.05) is 13.6 Å². The van der Waals surface area contributed by atoms with Gasteiger partial charge in [-0.1, -0.05) is 30.3 Å². The third-order valence-corrected chi connectivity index (χ3v) is 4.61. The Balaban J connectivity index is 2.39. The van der Waals surface area contributed by atoms with Gasteiger partial charge in [0, 0.05) is 20.0 Å². The van der Waals surface area contributed by atoms with Crippen molar-refractivity contribution in [2.45, 2.75) is 50.8 Å². The van der Waals surface area contributed by atoms with Gasteiger partial charge in [-0.15, -0.1) is 0 Å². The SMILES string of the molecule is CN(CCCC[C@H](NC(=O)N[C@@H](CCC(=O)O)C(=O)O)C(=O)O)C(=O)OCc1ccccc1. The highest BCUT2D eigenvalue weighted by Gasteiger charge is 2.24. The minimum absolute atomic E-state index is 0.0442. The van der Waals surface area contributed by atoms with Crippen LogP contribution in [0.15, 0.2) is 30.3 Å². The number of nitrogens with zero attached hydrogens (tertiary/aromatic N) is 1. The van der Waals surface area contributed by atoms with E-state index in [1.54, 1.807) is 7.05 Å². The number of hydrogen-bond donors (Lipinski definition) is 5. The number of carboxylic acid groups (broad SMARTS) is 3. The van der Waals surface area contributed by atoms with Crippen molar-refractivity contribution < 1.29 is 44.0 Å². The fourth-order valence-corrected chi connectivity index (χ4v) is 2.76. The Bertz CT molecular complexity index is 816. The zero-order chi connectivity index (χ0) is 24.8. The molecule has 12 nitrogen and oxygen atoms in total. The van der Waals surface area contributed by atoms with Crippen LogP contribution < -0.4 is 10.6 Å². The van der Waals surface area contributed by atoms with Crippen LogP contribution >= 0.6 is 0 Å². The quantitative estimate of drug-likeness (QED) is 0.253. The number of benzene rings is 1. The summed E-state index contributed by atoms with van der Waals surface area (Å²) in [6, 6.07) is 5.39. The molecule has 0 bridgehead atoms. The number of aliphatic carboxylic acids is 3. The van der Waals surface area contributed by atoms with E-state index < -0.39 is 48.5 Å². The highest BCUT2D eigenvalue weighted by atomic mass is 16.6. The number of carboxylic acids is 3. The molecule has 182 valence electrons. The molecule has 2 atom stereocenters. The van der Waals surface area contributed by atoms with Gasteiger partial charge in [0.15, 0.2) is 0 Å². The number of rotatable bonds is 14. The number of nitrogens with one attached hydrogen (secondary N) is 2. The normalized spacial score (nSPS) is 12.2. The largest absolute Gasteiger partial charge is 0.481 e. The second-order valence-electron chi connectivity index (χ2n) is 7.29. The molecule has 0 aliphatic heterocycles. The average molecular weight is 467 g/mol. The molecule has 0 saturated heterocycles. The molecule has 0 saturated carbocycles. The Hall–Kier alpha value is -3.83. The number of carbonyl (C=O) groups excluding carboxylic acids is 2. The summed E-state index contributed by atoms with van der Waals surface area (Å²) in [6.07, 6.45) is -0.492. The minimum atomic E-state index is -1.47. The Morgan fingerprint density at radius 1 is 0.909 bits per heavy atom. The van der Waals surface area contributed by atoms with E-state index in [4.69, 9.17) is 14.9 Å². The lowest BCUT2D eigenvalue weighted by Gasteiger charge is -2.19. The minimum Gasteiger partial charge on any atom is -0.481 e. The van der Waals surface area contributed by atoms with E-state index in [1.807, 2.05) is 30.3 Å². The first-order valence-electron chi connectivity index (χ1n) is 10.3. The summed E-state index contributed by atoms with van der Waals surface area (Å²) in [5.41, 5.74) is 0.848. The van der Waals surface area contributed by atoms with Crippen molar-refractivity contribution in [2.24, 2.45) is 0 Å². The van der Waals surface area contributed by atoms with Crippen LogP contribution in [0, 0.1) is 0 Å². The highest BCUT2D eigenvalue weighted by Crippen LogP contribution is 2.06. The molecular weight excluding hydrogens is 438 g/mol. The molecule has 12 heteroatoms. The van der Waals surface area contributed by atoms with E-state index in [0.29, 0.717) is 19.4 Å². The molecule has 0 radical (unpaired) electrons. The van der Waals surface area contributed by atoms with Crippen LogP contribution in [0.5, 0.6) is 0 Å². The maximum Gasteiger partial charge on any atom is 0.409 e. The molecule has 0 aromatic heterocycles. The number of urea groups is 1.